The van der Waals surface area contributed by atoms with Crippen molar-refractivity contribution in [3.8, 4) is 11.1 Å². The summed E-state index contributed by atoms with van der Waals surface area (Å²) >= 11 is 0. The van der Waals surface area contributed by atoms with E-state index in [1.807, 2.05) is 30.3 Å². The molecule has 6 aromatic rings. The number of hydrogen-bond donors (Lipinski definition) is 0. The third kappa shape index (κ3) is 3.08. The molecule has 0 radical (unpaired) electrons. The third-order valence-electron chi connectivity index (χ3n) is 7.73. The number of fused-ring (bicyclic) bond motifs is 6. The molecule has 0 aliphatic carbocycles. The average Bonchev–Trinajstić information content (AvgIpc) is 3.46. The first-order chi connectivity index (χ1) is 16.8. The Hall–Kier alpha value is -3.54. The number of furan rings is 2. The SMILES string of the molecule is CC1(C)OB(c2ccc3c(c2)oc2ccc(-c4ccc5c(c4)oc4ccccc45)cc23)OC1(C)C. The van der Waals surface area contributed by atoms with Crippen LogP contribution in [0.5, 0.6) is 0 Å². The van der Waals surface area contributed by atoms with Gasteiger partial charge in [0.2, 0.25) is 0 Å². The second-order valence-electron chi connectivity index (χ2n) is 10.5. The van der Waals surface area contributed by atoms with Crippen LogP contribution >= 0.6 is 0 Å². The van der Waals surface area contributed by atoms with Crippen molar-refractivity contribution in [1.82, 2.24) is 0 Å². The molecule has 0 saturated carbocycles. The topological polar surface area (TPSA) is 44.7 Å². The van der Waals surface area contributed by atoms with Crippen molar-refractivity contribution in [2.24, 2.45) is 0 Å². The quantitative estimate of drug-likeness (QED) is 0.252. The van der Waals surface area contributed by atoms with E-state index in [2.05, 4.69) is 76.2 Å². The Labute approximate surface area is 203 Å². The summed E-state index contributed by atoms with van der Waals surface area (Å²) in [5.41, 5.74) is 5.94. The minimum atomic E-state index is -0.413. The summed E-state index contributed by atoms with van der Waals surface area (Å²) in [6, 6.07) is 27.1. The molecule has 3 heterocycles. The first-order valence-corrected chi connectivity index (χ1v) is 12.0. The lowest BCUT2D eigenvalue weighted by Crippen LogP contribution is -2.41. The van der Waals surface area contributed by atoms with Crippen LogP contribution in [0.4, 0.5) is 0 Å². The Bertz CT molecular complexity index is 1760. The fourth-order valence-electron chi connectivity index (χ4n) is 5.00. The Kier molecular flexibility index (Phi) is 4.16. The van der Waals surface area contributed by atoms with Crippen molar-refractivity contribution >= 4 is 56.5 Å². The maximum absolute atomic E-state index is 6.23. The molecule has 0 spiro atoms. The van der Waals surface area contributed by atoms with E-state index in [9.17, 15) is 0 Å². The minimum absolute atomic E-state index is 0.379. The molecular formula is C30H25BO4. The van der Waals surface area contributed by atoms with E-state index in [0.717, 1.165) is 60.5 Å². The van der Waals surface area contributed by atoms with E-state index in [1.165, 1.54) is 0 Å². The van der Waals surface area contributed by atoms with Crippen LogP contribution in [-0.4, -0.2) is 18.3 Å². The van der Waals surface area contributed by atoms with Crippen LogP contribution in [-0.2, 0) is 9.31 Å². The second-order valence-corrected chi connectivity index (χ2v) is 10.5. The molecule has 172 valence electrons. The van der Waals surface area contributed by atoms with Crippen molar-refractivity contribution in [1.29, 1.82) is 0 Å². The Balaban J connectivity index is 1.30. The monoisotopic (exact) mass is 460 g/mol. The lowest BCUT2D eigenvalue weighted by molar-refractivity contribution is 0.00578. The van der Waals surface area contributed by atoms with E-state index in [0.29, 0.717) is 0 Å². The standard InChI is InChI=1S/C30H25BO4/c1-29(2)30(3,4)35-31(34-29)20-11-13-23-24-15-18(10-14-26(24)33-28(23)17-20)19-9-12-22-21-7-5-6-8-25(21)32-27(22)16-19/h5-17H,1-4H3. The first kappa shape index (κ1) is 20.8. The predicted octanol–water partition coefficient (Wildman–Crippen LogP) is 7.45. The molecule has 0 N–H and O–H groups in total. The van der Waals surface area contributed by atoms with Crippen LogP contribution in [0.2, 0.25) is 0 Å². The highest BCUT2D eigenvalue weighted by Gasteiger charge is 2.51. The molecule has 35 heavy (non-hydrogen) atoms. The molecule has 4 nitrogen and oxygen atoms in total. The molecule has 0 bridgehead atoms. The number of hydrogen-bond acceptors (Lipinski definition) is 4. The zero-order chi connectivity index (χ0) is 23.9. The van der Waals surface area contributed by atoms with Crippen molar-refractivity contribution in [2.45, 2.75) is 38.9 Å². The highest BCUT2D eigenvalue weighted by atomic mass is 16.7. The summed E-state index contributed by atoms with van der Waals surface area (Å²) in [5.74, 6) is 0. The van der Waals surface area contributed by atoms with E-state index in [4.69, 9.17) is 18.1 Å². The molecular weight excluding hydrogens is 435 g/mol. The molecule has 1 aliphatic rings. The molecule has 2 aromatic heterocycles. The predicted molar refractivity (Wildman–Crippen MR) is 142 cm³/mol. The molecule has 0 unspecified atom stereocenters. The van der Waals surface area contributed by atoms with Crippen molar-refractivity contribution in [2.75, 3.05) is 0 Å². The Morgan fingerprint density at radius 3 is 1.89 bits per heavy atom. The van der Waals surface area contributed by atoms with E-state index in [1.54, 1.807) is 0 Å². The van der Waals surface area contributed by atoms with Gasteiger partial charge in [0.1, 0.15) is 22.3 Å². The zero-order valence-electron chi connectivity index (χ0n) is 20.2. The smallest absolute Gasteiger partial charge is 0.456 e. The van der Waals surface area contributed by atoms with Gasteiger partial charge in [0.25, 0.3) is 0 Å². The fraction of sp³-hybridized carbons (Fsp3) is 0.200. The highest BCUT2D eigenvalue weighted by molar-refractivity contribution is 6.62. The lowest BCUT2D eigenvalue weighted by atomic mass is 9.79. The Morgan fingerprint density at radius 1 is 0.514 bits per heavy atom. The molecule has 7 rings (SSSR count). The van der Waals surface area contributed by atoms with E-state index < -0.39 is 7.12 Å². The van der Waals surface area contributed by atoms with Gasteiger partial charge >= 0.3 is 7.12 Å². The van der Waals surface area contributed by atoms with Gasteiger partial charge in [0.05, 0.1) is 11.2 Å². The van der Waals surface area contributed by atoms with Crippen LogP contribution in [0.25, 0.3) is 55.0 Å². The van der Waals surface area contributed by atoms with Crippen LogP contribution < -0.4 is 5.46 Å². The molecule has 5 heteroatoms. The summed E-state index contributed by atoms with van der Waals surface area (Å²) in [6.07, 6.45) is 0. The Morgan fingerprint density at radius 2 is 1.09 bits per heavy atom. The molecule has 1 aliphatic heterocycles. The van der Waals surface area contributed by atoms with Crippen molar-refractivity contribution in [3.05, 3.63) is 78.9 Å². The molecule has 1 saturated heterocycles. The van der Waals surface area contributed by atoms with Crippen LogP contribution in [0.15, 0.2) is 87.7 Å². The van der Waals surface area contributed by atoms with Gasteiger partial charge in [0.15, 0.2) is 0 Å². The summed E-state index contributed by atoms with van der Waals surface area (Å²) < 4.78 is 24.8. The van der Waals surface area contributed by atoms with Crippen LogP contribution in [0.1, 0.15) is 27.7 Å². The van der Waals surface area contributed by atoms with Gasteiger partial charge in [-0.1, -0.05) is 42.5 Å². The third-order valence-corrected chi connectivity index (χ3v) is 7.73. The molecule has 4 aromatic carbocycles. The van der Waals surface area contributed by atoms with Gasteiger partial charge in [-0.2, -0.15) is 0 Å². The van der Waals surface area contributed by atoms with Gasteiger partial charge in [-0.15, -0.1) is 0 Å². The first-order valence-electron chi connectivity index (χ1n) is 12.0. The van der Waals surface area contributed by atoms with Crippen molar-refractivity contribution < 1.29 is 18.1 Å². The van der Waals surface area contributed by atoms with Gasteiger partial charge in [-0.05, 0) is 80.7 Å². The summed E-state index contributed by atoms with van der Waals surface area (Å²) in [6.45, 7) is 8.27. The largest absolute Gasteiger partial charge is 0.494 e. The summed E-state index contributed by atoms with van der Waals surface area (Å²) in [7, 11) is -0.413. The molecule has 0 atom stereocenters. The average molecular weight is 460 g/mol. The number of benzene rings is 4. The normalized spacial score (nSPS) is 17.3. The van der Waals surface area contributed by atoms with Gasteiger partial charge in [0, 0.05) is 21.5 Å². The van der Waals surface area contributed by atoms with Gasteiger partial charge in [-0.3, -0.25) is 0 Å². The zero-order valence-corrected chi connectivity index (χ0v) is 20.2. The van der Waals surface area contributed by atoms with E-state index >= 15 is 0 Å². The molecule has 1 fully saturated rings. The summed E-state index contributed by atoms with van der Waals surface area (Å²) in [4.78, 5) is 0. The molecule has 0 amide bonds. The second kappa shape index (κ2) is 7.00. The van der Waals surface area contributed by atoms with E-state index in [-0.39, 0.29) is 11.2 Å². The number of para-hydroxylation sites is 1. The van der Waals surface area contributed by atoms with Crippen LogP contribution in [0, 0.1) is 0 Å². The fourth-order valence-corrected chi connectivity index (χ4v) is 5.00. The van der Waals surface area contributed by atoms with Gasteiger partial charge in [-0.25, -0.2) is 0 Å². The highest BCUT2D eigenvalue weighted by Crippen LogP contribution is 2.38. The van der Waals surface area contributed by atoms with Crippen LogP contribution in [0.3, 0.4) is 0 Å². The van der Waals surface area contributed by atoms with Crippen molar-refractivity contribution in [3.63, 3.8) is 0 Å². The number of rotatable bonds is 2. The van der Waals surface area contributed by atoms with Gasteiger partial charge < -0.3 is 18.1 Å². The maximum Gasteiger partial charge on any atom is 0.494 e. The lowest BCUT2D eigenvalue weighted by Gasteiger charge is -2.32. The maximum atomic E-state index is 6.23. The minimum Gasteiger partial charge on any atom is -0.456 e. The summed E-state index contributed by atoms with van der Waals surface area (Å²) in [5, 5.41) is 4.44.